The molecular weight excluding hydrogens is 318 g/mol. The number of hydrogen-bond donors (Lipinski definition) is 0. The summed E-state index contributed by atoms with van der Waals surface area (Å²) in [4.78, 5) is 14.3. The third-order valence-corrected chi connectivity index (χ3v) is 4.68. The van der Waals surface area contributed by atoms with Crippen molar-refractivity contribution in [1.82, 2.24) is 4.90 Å². The van der Waals surface area contributed by atoms with Gasteiger partial charge >= 0.3 is 0 Å². The Morgan fingerprint density at radius 2 is 1.84 bits per heavy atom. The Morgan fingerprint density at radius 1 is 1.12 bits per heavy atom. The van der Waals surface area contributed by atoms with Crippen LogP contribution in [0.3, 0.4) is 0 Å². The second kappa shape index (κ2) is 6.76. The van der Waals surface area contributed by atoms with Gasteiger partial charge in [-0.05, 0) is 30.2 Å². The lowest BCUT2D eigenvalue weighted by molar-refractivity contribution is -0.155. The van der Waals surface area contributed by atoms with E-state index in [0.717, 1.165) is 0 Å². The van der Waals surface area contributed by atoms with Crippen molar-refractivity contribution in [3.63, 3.8) is 0 Å². The fraction of sp³-hybridized carbons (Fsp3) is 0.350. The summed E-state index contributed by atoms with van der Waals surface area (Å²) in [5.74, 6) is 1.28. The lowest BCUT2D eigenvalue weighted by atomic mass is 10.1. The third-order valence-electron chi connectivity index (χ3n) is 4.68. The number of amides is 1. The topological polar surface area (TPSA) is 48.0 Å². The molecule has 2 aromatic carbocycles. The first-order valence-electron chi connectivity index (χ1n) is 8.54. The predicted molar refractivity (Wildman–Crippen MR) is 92.7 cm³/mol. The molecule has 5 nitrogen and oxygen atoms in total. The quantitative estimate of drug-likeness (QED) is 0.859. The lowest BCUT2D eigenvalue weighted by Crippen LogP contribution is -2.59. The van der Waals surface area contributed by atoms with Crippen molar-refractivity contribution in [3.8, 4) is 11.5 Å². The Balaban J connectivity index is 1.27. The molecule has 25 heavy (non-hydrogen) atoms. The number of rotatable bonds is 4. The van der Waals surface area contributed by atoms with Gasteiger partial charge in [-0.2, -0.15) is 0 Å². The number of aryl methyl sites for hydroxylation is 1. The molecular formula is C20H21NO4. The molecule has 0 radical (unpaired) electrons. The molecule has 2 aliphatic rings. The minimum Gasteiger partial charge on any atom is -0.485 e. The van der Waals surface area contributed by atoms with Crippen LogP contribution in [-0.4, -0.2) is 42.7 Å². The molecule has 2 aromatic rings. The van der Waals surface area contributed by atoms with E-state index < -0.39 is 6.10 Å². The largest absolute Gasteiger partial charge is 0.485 e. The maximum absolute atomic E-state index is 12.5. The van der Waals surface area contributed by atoms with E-state index in [-0.39, 0.29) is 18.6 Å². The molecule has 2 aliphatic heterocycles. The summed E-state index contributed by atoms with van der Waals surface area (Å²) >= 11 is 0. The molecule has 1 amide bonds. The first-order chi connectivity index (χ1) is 12.2. The van der Waals surface area contributed by atoms with Gasteiger partial charge in [0.15, 0.2) is 11.5 Å². The number of hydrogen-bond acceptors (Lipinski definition) is 4. The van der Waals surface area contributed by atoms with Crippen molar-refractivity contribution in [1.29, 1.82) is 0 Å². The number of benzene rings is 2. The van der Waals surface area contributed by atoms with Crippen LogP contribution in [0.2, 0.25) is 0 Å². The normalized spacial score (nSPS) is 19.4. The Morgan fingerprint density at radius 3 is 2.64 bits per heavy atom. The summed E-state index contributed by atoms with van der Waals surface area (Å²) in [5, 5.41) is 0. The maximum atomic E-state index is 12.5. The summed E-state index contributed by atoms with van der Waals surface area (Å²) < 4.78 is 17.3. The van der Waals surface area contributed by atoms with Crippen LogP contribution in [-0.2, 0) is 16.1 Å². The average molecular weight is 339 g/mol. The zero-order valence-electron chi connectivity index (χ0n) is 14.2. The van der Waals surface area contributed by atoms with Crippen molar-refractivity contribution in [2.75, 3.05) is 19.7 Å². The van der Waals surface area contributed by atoms with E-state index in [1.165, 1.54) is 11.1 Å². The Kier molecular flexibility index (Phi) is 4.32. The fourth-order valence-corrected chi connectivity index (χ4v) is 3.05. The first kappa shape index (κ1) is 16.0. The van der Waals surface area contributed by atoms with Crippen LogP contribution in [0.25, 0.3) is 0 Å². The second-order valence-electron chi connectivity index (χ2n) is 6.47. The molecule has 4 rings (SSSR count). The molecule has 1 unspecified atom stereocenters. The summed E-state index contributed by atoms with van der Waals surface area (Å²) in [7, 11) is 0. The molecule has 0 saturated carbocycles. The van der Waals surface area contributed by atoms with Gasteiger partial charge in [0, 0.05) is 13.1 Å². The summed E-state index contributed by atoms with van der Waals surface area (Å²) in [5.41, 5.74) is 2.41. The molecule has 0 spiro atoms. The van der Waals surface area contributed by atoms with Crippen molar-refractivity contribution < 1.29 is 19.0 Å². The zero-order valence-corrected chi connectivity index (χ0v) is 14.2. The van der Waals surface area contributed by atoms with E-state index >= 15 is 0 Å². The van der Waals surface area contributed by atoms with Crippen LogP contribution in [0.4, 0.5) is 0 Å². The zero-order chi connectivity index (χ0) is 17.2. The van der Waals surface area contributed by atoms with E-state index in [1.807, 2.05) is 36.4 Å². The van der Waals surface area contributed by atoms with Gasteiger partial charge in [0.1, 0.15) is 6.61 Å². The first-order valence-corrected chi connectivity index (χ1v) is 8.54. The highest BCUT2D eigenvalue weighted by molar-refractivity contribution is 5.82. The van der Waals surface area contributed by atoms with Gasteiger partial charge in [-0.15, -0.1) is 0 Å². The number of para-hydroxylation sites is 2. The summed E-state index contributed by atoms with van der Waals surface area (Å²) in [6, 6.07) is 15.6. The van der Waals surface area contributed by atoms with Crippen molar-refractivity contribution >= 4 is 5.91 Å². The highest BCUT2D eigenvalue weighted by atomic mass is 16.6. The molecule has 0 N–H and O–H groups in total. The summed E-state index contributed by atoms with van der Waals surface area (Å²) in [6.45, 7) is 4.11. The third kappa shape index (κ3) is 3.33. The second-order valence-corrected chi connectivity index (χ2v) is 6.47. The number of ether oxygens (including phenoxy) is 3. The highest BCUT2D eigenvalue weighted by Crippen LogP contribution is 2.31. The van der Waals surface area contributed by atoms with E-state index in [9.17, 15) is 4.79 Å². The molecule has 5 heteroatoms. The van der Waals surface area contributed by atoms with Gasteiger partial charge in [0.2, 0.25) is 6.10 Å². The van der Waals surface area contributed by atoms with Gasteiger partial charge in [0.05, 0.1) is 12.7 Å². The number of nitrogens with zero attached hydrogens (tertiary/aromatic N) is 1. The van der Waals surface area contributed by atoms with E-state index in [1.54, 1.807) is 4.90 Å². The molecule has 2 heterocycles. The van der Waals surface area contributed by atoms with Crippen LogP contribution in [0.15, 0.2) is 48.5 Å². The summed E-state index contributed by atoms with van der Waals surface area (Å²) in [6.07, 6.45) is -0.493. The van der Waals surface area contributed by atoms with E-state index in [4.69, 9.17) is 14.2 Å². The van der Waals surface area contributed by atoms with Gasteiger partial charge < -0.3 is 19.1 Å². The van der Waals surface area contributed by atoms with Crippen LogP contribution in [0, 0.1) is 6.92 Å². The predicted octanol–water partition coefficient (Wildman–Crippen LogP) is 2.56. The minimum atomic E-state index is -0.577. The minimum absolute atomic E-state index is 0.0368. The van der Waals surface area contributed by atoms with Crippen LogP contribution < -0.4 is 9.47 Å². The van der Waals surface area contributed by atoms with Crippen molar-refractivity contribution in [2.45, 2.75) is 25.7 Å². The Hall–Kier alpha value is -2.53. The standard InChI is InChI=1S/C20H21NO4/c1-14-6-2-3-7-15(14)12-23-16-10-21(11-16)20(22)19-13-24-17-8-4-5-9-18(17)25-19/h2-9,16,19H,10-13H2,1H3. The lowest BCUT2D eigenvalue weighted by Gasteiger charge is -2.41. The van der Waals surface area contributed by atoms with Gasteiger partial charge in [-0.3, -0.25) is 4.79 Å². The number of carbonyl (C=O) groups is 1. The van der Waals surface area contributed by atoms with Crippen molar-refractivity contribution in [2.24, 2.45) is 0 Å². The van der Waals surface area contributed by atoms with Crippen LogP contribution >= 0.6 is 0 Å². The molecule has 1 atom stereocenters. The Labute approximate surface area is 147 Å². The smallest absolute Gasteiger partial charge is 0.267 e. The van der Waals surface area contributed by atoms with Crippen LogP contribution in [0.1, 0.15) is 11.1 Å². The van der Waals surface area contributed by atoms with Gasteiger partial charge in [-0.1, -0.05) is 36.4 Å². The highest BCUT2D eigenvalue weighted by Gasteiger charge is 2.38. The van der Waals surface area contributed by atoms with Crippen LogP contribution in [0.5, 0.6) is 11.5 Å². The molecule has 1 saturated heterocycles. The average Bonchev–Trinajstić information content (AvgIpc) is 2.61. The number of carbonyl (C=O) groups excluding carboxylic acids is 1. The Bertz CT molecular complexity index is 770. The molecule has 0 aromatic heterocycles. The monoisotopic (exact) mass is 339 g/mol. The van der Waals surface area contributed by atoms with E-state index in [0.29, 0.717) is 31.2 Å². The van der Waals surface area contributed by atoms with E-state index in [2.05, 4.69) is 19.1 Å². The number of fused-ring (bicyclic) bond motifs is 1. The number of likely N-dealkylation sites (tertiary alicyclic amines) is 1. The molecule has 0 aliphatic carbocycles. The van der Waals surface area contributed by atoms with Crippen molar-refractivity contribution in [3.05, 3.63) is 59.7 Å². The maximum Gasteiger partial charge on any atom is 0.267 e. The molecule has 1 fully saturated rings. The SMILES string of the molecule is Cc1ccccc1COC1CN(C(=O)C2COc3ccccc3O2)C1. The molecule has 0 bridgehead atoms. The van der Waals surface area contributed by atoms with Gasteiger partial charge in [0.25, 0.3) is 5.91 Å². The molecule has 130 valence electrons. The van der Waals surface area contributed by atoms with Gasteiger partial charge in [-0.25, -0.2) is 0 Å². The fourth-order valence-electron chi connectivity index (χ4n) is 3.05.